The van der Waals surface area contributed by atoms with Crippen molar-refractivity contribution in [2.45, 2.75) is 46.5 Å². The lowest BCUT2D eigenvalue weighted by Crippen LogP contribution is -2.08. The number of rotatable bonds is 6. The molecule has 1 N–H and O–H groups in total. The molecule has 0 saturated carbocycles. The van der Waals surface area contributed by atoms with Crippen LogP contribution in [0.15, 0.2) is 115 Å². The zero-order valence-electron chi connectivity index (χ0n) is 26.4. The summed E-state index contributed by atoms with van der Waals surface area (Å²) in [6.45, 7) is 11.1. The third kappa shape index (κ3) is 5.06. The summed E-state index contributed by atoms with van der Waals surface area (Å²) in [6.07, 6.45) is 1.96. The number of hydrogen-bond acceptors (Lipinski definition) is 3. The second kappa shape index (κ2) is 11.4. The largest absolute Gasteiger partial charge is 0.507 e. The van der Waals surface area contributed by atoms with Gasteiger partial charge in [0.25, 0.3) is 0 Å². The predicted octanol–water partition coefficient (Wildman–Crippen LogP) is 10.8. The molecule has 0 atom stereocenters. The summed E-state index contributed by atoms with van der Waals surface area (Å²) in [4.78, 5) is 10.2. The smallest absolute Gasteiger partial charge is 0.149 e. The Kier molecular flexibility index (Phi) is 7.21. The van der Waals surface area contributed by atoms with Crippen molar-refractivity contribution in [3.05, 3.63) is 132 Å². The summed E-state index contributed by atoms with van der Waals surface area (Å²) in [6, 6.07) is 37.7. The summed E-state index contributed by atoms with van der Waals surface area (Å²) < 4.78 is 2.27. The number of aromatic hydroxyl groups is 1. The molecule has 45 heavy (non-hydrogen) atoms. The van der Waals surface area contributed by atoms with E-state index in [1.54, 1.807) is 6.07 Å². The Hall–Kier alpha value is -5.22. The Balaban J connectivity index is 1.48. The SMILES string of the molecule is Cc1ccc2cc(-c3cccc(-c4cccc5c4nc(-c4ccccc4O)n5-c4c(C(C)C)cccc4C(C)C)c3)ncc2c1. The van der Waals surface area contributed by atoms with Crippen LogP contribution in [0.4, 0.5) is 0 Å². The van der Waals surface area contributed by atoms with Crippen LogP contribution < -0.4 is 0 Å². The van der Waals surface area contributed by atoms with Gasteiger partial charge >= 0.3 is 0 Å². The molecular weight excluding hydrogens is 550 g/mol. The first-order valence-electron chi connectivity index (χ1n) is 15.7. The van der Waals surface area contributed by atoms with Gasteiger partial charge in [0.2, 0.25) is 0 Å². The second-order valence-corrected chi connectivity index (χ2v) is 12.6. The number of hydrogen-bond donors (Lipinski definition) is 1. The van der Waals surface area contributed by atoms with Gasteiger partial charge in [0, 0.05) is 22.7 Å². The molecule has 0 bridgehead atoms. The Labute approximate surface area is 264 Å². The molecule has 0 aliphatic heterocycles. The summed E-state index contributed by atoms with van der Waals surface area (Å²) >= 11 is 0. The van der Waals surface area contributed by atoms with Gasteiger partial charge < -0.3 is 5.11 Å². The molecule has 0 unspecified atom stereocenters. The van der Waals surface area contributed by atoms with E-state index < -0.39 is 0 Å². The van der Waals surface area contributed by atoms with Crippen LogP contribution in [-0.4, -0.2) is 19.6 Å². The number of aryl methyl sites for hydroxylation is 1. The minimum Gasteiger partial charge on any atom is -0.507 e. The first-order valence-corrected chi connectivity index (χ1v) is 15.7. The molecule has 0 fully saturated rings. The minimum atomic E-state index is 0.211. The van der Waals surface area contributed by atoms with Gasteiger partial charge in [-0.05, 0) is 77.2 Å². The van der Waals surface area contributed by atoms with E-state index in [2.05, 4.69) is 124 Å². The number of pyridine rings is 1. The summed E-state index contributed by atoms with van der Waals surface area (Å²) in [5, 5.41) is 13.4. The summed E-state index contributed by atoms with van der Waals surface area (Å²) in [5.74, 6) is 1.54. The minimum absolute atomic E-state index is 0.211. The number of imidazole rings is 1. The molecule has 0 aliphatic rings. The number of phenolic OH excluding ortho intramolecular Hbond substituents is 1. The molecule has 0 spiro atoms. The highest BCUT2D eigenvalue weighted by Gasteiger charge is 2.24. The molecule has 5 aromatic carbocycles. The van der Waals surface area contributed by atoms with Gasteiger partial charge in [-0.3, -0.25) is 9.55 Å². The quantitative estimate of drug-likeness (QED) is 0.211. The number of fused-ring (bicyclic) bond motifs is 2. The molecule has 2 heterocycles. The Morgan fingerprint density at radius 2 is 1.33 bits per heavy atom. The first kappa shape index (κ1) is 28.5. The lowest BCUT2D eigenvalue weighted by atomic mass is 9.92. The van der Waals surface area contributed by atoms with E-state index in [0.717, 1.165) is 50.3 Å². The molecule has 0 radical (unpaired) electrons. The van der Waals surface area contributed by atoms with Crippen molar-refractivity contribution in [1.82, 2.24) is 14.5 Å². The molecule has 2 aromatic heterocycles. The fourth-order valence-electron chi connectivity index (χ4n) is 6.44. The van der Waals surface area contributed by atoms with Gasteiger partial charge in [0.15, 0.2) is 0 Å². The first-order chi connectivity index (χ1) is 21.8. The van der Waals surface area contributed by atoms with Crippen molar-refractivity contribution in [2.24, 2.45) is 0 Å². The average molecular weight is 588 g/mol. The monoisotopic (exact) mass is 587 g/mol. The standard InChI is InChI=1S/C41H37N3O/c1-25(2)32-14-9-15-33(26(3)4)40(32)44-37-17-10-16-34(39(37)43-41(44)35-13-6-7-18-38(35)45)29-11-8-12-30(22-29)36-23-28-20-19-27(5)21-31(28)24-42-36/h6-26,45H,1-5H3. The fraction of sp³-hybridized carbons (Fsp3) is 0.171. The summed E-state index contributed by atoms with van der Waals surface area (Å²) in [5.41, 5.74) is 11.6. The van der Waals surface area contributed by atoms with Crippen LogP contribution in [0.1, 0.15) is 56.2 Å². The molecule has 222 valence electrons. The van der Waals surface area contributed by atoms with E-state index in [4.69, 9.17) is 9.97 Å². The van der Waals surface area contributed by atoms with Crippen LogP contribution in [0, 0.1) is 6.92 Å². The number of nitrogens with zero attached hydrogens (tertiary/aromatic N) is 3. The van der Waals surface area contributed by atoms with E-state index in [1.807, 2.05) is 24.4 Å². The number of benzene rings is 5. The maximum absolute atomic E-state index is 11.1. The number of para-hydroxylation sites is 3. The van der Waals surface area contributed by atoms with Crippen molar-refractivity contribution >= 4 is 21.8 Å². The van der Waals surface area contributed by atoms with Gasteiger partial charge in [-0.25, -0.2) is 4.98 Å². The van der Waals surface area contributed by atoms with Crippen LogP contribution in [0.5, 0.6) is 5.75 Å². The van der Waals surface area contributed by atoms with Gasteiger partial charge in [-0.1, -0.05) is 106 Å². The lowest BCUT2D eigenvalue weighted by molar-refractivity contribution is 0.477. The van der Waals surface area contributed by atoms with E-state index in [1.165, 1.54) is 22.1 Å². The Morgan fingerprint density at radius 3 is 2.09 bits per heavy atom. The van der Waals surface area contributed by atoms with Gasteiger partial charge in [0.1, 0.15) is 11.6 Å². The van der Waals surface area contributed by atoms with Crippen LogP contribution >= 0.6 is 0 Å². The van der Waals surface area contributed by atoms with Crippen LogP contribution in [0.3, 0.4) is 0 Å². The molecule has 7 aromatic rings. The van der Waals surface area contributed by atoms with Gasteiger partial charge in [-0.15, -0.1) is 0 Å². The maximum atomic E-state index is 11.1. The van der Waals surface area contributed by atoms with E-state index >= 15 is 0 Å². The number of phenols is 1. The van der Waals surface area contributed by atoms with Gasteiger partial charge in [-0.2, -0.15) is 0 Å². The van der Waals surface area contributed by atoms with Crippen molar-refractivity contribution in [3.8, 4) is 45.2 Å². The zero-order valence-corrected chi connectivity index (χ0v) is 26.4. The second-order valence-electron chi connectivity index (χ2n) is 12.6. The highest BCUT2D eigenvalue weighted by Crippen LogP contribution is 2.41. The maximum Gasteiger partial charge on any atom is 0.149 e. The van der Waals surface area contributed by atoms with E-state index in [9.17, 15) is 5.11 Å². The van der Waals surface area contributed by atoms with Crippen LogP contribution in [0.25, 0.3) is 61.3 Å². The fourth-order valence-corrected chi connectivity index (χ4v) is 6.44. The molecule has 4 heteroatoms. The Bertz CT molecular complexity index is 2180. The molecule has 7 rings (SSSR count). The third-order valence-corrected chi connectivity index (χ3v) is 8.74. The summed E-state index contributed by atoms with van der Waals surface area (Å²) in [7, 11) is 0. The molecular formula is C41H37N3O. The molecule has 0 aliphatic carbocycles. The third-order valence-electron chi connectivity index (χ3n) is 8.74. The predicted molar refractivity (Wildman–Crippen MR) is 187 cm³/mol. The van der Waals surface area contributed by atoms with Crippen LogP contribution in [-0.2, 0) is 0 Å². The van der Waals surface area contributed by atoms with E-state index in [0.29, 0.717) is 17.4 Å². The Morgan fingerprint density at radius 1 is 0.644 bits per heavy atom. The van der Waals surface area contributed by atoms with E-state index in [-0.39, 0.29) is 5.75 Å². The molecule has 0 saturated heterocycles. The van der Waals surface area contributed by atoms with Gasteiger partial charge in [0.05, 0.1) is 28.0 Å². The van der Waals surface area contributed by atoms with Crippen molar-refractivity contribution in [3.63, 3.8) is 0 Å². The highest BCUT2D eigenvalue weighted by atomic mass is 16.3. The lowest BCUT2D eigenvalue weighted by Gasteiger charge is -2.22. The van der Waals surface area contributed by atoms with Crippen molar-refractivity contribution < 1.29 is 5.11 Å². The van der Waals surface area contributed by atoms with Crippen molar-refractivity contribution in [2.75, 3.05) is 0 Å². The average Bonchev–Trinajstić information content (AvgIpc) is 3.43. The topological polar surface area (TPSA) is 50.9 Å². The molecule has 4 nitrogen and oxygen atoms in total. The van der Waals surface area contributed by atoms with Crippen LogP contribution in [0.2, 0.25) is 0 Å². The zero-order chi connectivity index (χ0) is 31.2. The highest BCUT2D eigenvalue weighted by molar-refractivity contribution is 5.97. The molecule has 0 amide bonds. The number of aromatic nitrogens is 3. The van der Waals surface area contributed by atoms with Crippen molar-refractivity contribution in [1.29, 1.82) is 0 Å². The normalized spacial score (nSPS) is 11.7.